The van der Waals surface area contributed by atoms with Gasteiger partial charge in [-0.25, -0.2) is 4.39 Å². The van der Waals surface area contributed by atoms with Crippen molar-refractivity contribution in [1.29, 1.82) is 0 Å². The van der Waals surface area contributed by atoms with Gasteiger partial charge in [-0.2, -0.15) is 0 Å². The fourth-order valence-electron chi connectivity index (χ4n) is 2.47. The minimum atomic E-state index is -0.263. The molecule has 1 aromatic rings. The van der Waals surface area contributed by atoms with Gasteiger partial charge in [0, 0.05) is 19.0 Å². The van der Waals surface area contributed by atoms with Crippen LogP contribution in [0, 0.1) is 11.7 Å². The van der Waals surface area contributed by atoms with Crippen LogP contribution in [0.5, 0.6) is 0 Å². The predicted octanol–water partition coefficient (Wildman–Crippen LogP) is 1.64. The van der Waals surface area contributed by atoms with Crippen molar-refractivity contribution in [3.05, 3.63) is 35.6 Å². The van der Waals surface area contributed by atoms with Crippen LogP contribution in [0.3, 0.4) is 0 Å². The highest BCUT2D eigenvalue weighted by Gasteiger charge is 2.37. The number of benzene rings is 1. The lowest BCUT2D eigenvalue weighted by molar-refractivity contribution is -0.145. The minimum absolute atomic E-state index is 0.0168. The molecular formula is C13H16FNO2. The number of ether oxygens (including phenoxy) is 1. The van der Waals surface area contributed by atoms with Crippen LogP contribution in [0.4, 0.5) is 4.39 Å². The molecule has 1 fully saturated rings. The molecule has 0 bridgehead atoms. The molecule has 4 heteroatoms. The van der Waals surface area contributed by atoms with Crippen molar-refractivity contribution in [2.45, 2.75) is 5.92 Å². The lowest BCUT2D eigenvalue weighted by Gasteiger charge is -2.16. The molecule has 0 aliphatic carbocycles. The van der Waals surface area contributed by atoms with Crippen LogP contribution in [0.2, 0.25) is 0 Å². The third-order valence-corrected chi connectivity index (χ3v) is 3.28. The van der Waals surface area contributed by atoms with Crippen LogP contribution in [0.15, 0.2) is 24.3 Å². The number of rotatable bonds is 2. The van der Waals surface area contributed by atoms with Crippen LogP contribution in [0.1, 0.15) is 11.5 Å². The predicted molar refractivity (Wildman–Crippen MR) is 62.1 cm³/mol. The zero-order chi connectivity index (χ0) is 12.4. The van der Waals surface area contributed by atoms with E-state index in [1.807, 2.05) is 13.1 Å². The number of nitrogens with zero attached hydrogens (tertiary/aromatic N) is 1. The lowest BCUT2D eigenvalue weighted by Crippen LogP contribution is -2.23. The molecule has 3 nitrogen and oxygen atoms in total. The van der Waals surface area contributed by atoms with Crippen LogP contribution in [0.25, 0.3) is 0 Å². The number of esters is 1. The Hall–Kier alpha value is -1.42. The normalized spacial score (nSPS) is 24.9. The topological polar surface area (TPSA) is 29.5 Å². The third-order valence-electron chi connectivity index (χ3n) is 3.28. The summed E-state index contributed by atoms with van der Waals surface area (Å²) in [5, 5.41) is 0. The maximum atomic E-state index is 13.2. The van der Waals surface area contributed by atoms with Crippen LogP contribution < -0.4 is 0 Å². The van der Waals surface area contributed by atoms with Crippen LogP contribution >= 0.6 is 0 Å². The van der Waals surface area contributed by atoms with Gasteiger partial charge in [-0.15, -0.1) is 0 Å². The fraction of sp³-hybridized carbons (Fsp3) is 0.462. The highest BCUT2D eigenvalue weighted by atomic mass is 19.1. The second-order valence-corrected chi connectivity index (χ2v) is 4.51. The Morgan fingerprint density at radius 1 is 1.47 bits per heavy atom. The van der Waals surface area contributed by atoms with Crippen LogP contribution in [-0.4, -0.2) is 38.1 Å². The first-order valence-electron chi connectivity index (χ1n) is 5.63. The van der Waals surface area contributed by atoms with Gasteiger partial charge in [0.15, 0.2) is 0 Å². The molecule has 2 atom stereocenters. The lowest BCUT2D eigenvalue weighted by atomic mass is 9.89. The van der Waals surface area contributed by atoms with Crippen molar-refractivity contribution >= 4 is 5.97 Å². The highest BCUT2D eigenvalue weighted by molar-refractivity contribution is 5.74. The zero-order valence-electron chi connectivity index (χ0n) is 10.0. The summed E-state index contributed by atoms with van der Waals surface area (Å²) >= 11 is 0. The first kappa shape index (κ1) is 12.0. The number of halogens is 1. The van der Waals surface area contributed by atoms with E-state index in [9.17, 15) is 9.18 Å². The van der Waals surface area contributed by atoms with Gasteiger partial charge in [-0.3, -0.25) is 4.79 Å². The third kappa shape index (κ3) is 2.47. The molecule has 0 N–H and O–H groups in total. The van der Waals surface area contributed by atoms with Crippen molar-refractivity contribution in [1.82, 2.24) is 4.90 Å². The van der Waals surface area contributed by atoms with Gasteiger partial charge in [0.05, 0.1) is 13.0 Å². The zero-order valence-corrected chi connectivity index (χ0v) is 10.0. The van der Waals surface area contributed by atoms with Crippen molar-refractivity contribution in [3.8, 4) is 0 Å². The summed E-state index contributed by atoms with van der Waals surface area (Å²) in [6.45, 7) is 1.41. The minimum Gasteiger partial charge on any atom is -0.469 e. The van der Waals surface area contributed by atoms with E-state index in [-0.39, 0.29) is 23.6 Å². The SMILES string of the molecule is COC(=O)[C@@H]1CN(C)C[C@H]1c1cccc(F)c1. The number of likely N-dealkylation sites (N-methyl/N-ethyl adjacent to an activating group) is 1. The van der Waals surface area contributed by atoms with E-state index in [2.05, 4.69) is 4.90 Å². The van der Waals surface area contributed by atoms with Gasteiger partial charge in [-0.1, -0.05) is 12.1 Å². The molecule has 0 spiro atoms. The number of hydrogen-bond donors (Lipinski definition) is 0. The van der Waals surface area contributed by atoms with E-state index in [1.54, 1.807) is 6.07 Å². The van der Waals surface area contributed by atoms with Crippen molar-refractivity contribution < 1.29 is 13.9 Å². The van der Waals surface area contributed by atoms with Gasteiger partial charge >= 0.3 is 5.97 Å². The average molecular weight is 237 g/mol. The second-order valence-electron chi connectivity index (χ2n) is 4.51. The Kier molecular flexibility index (Phi) is 3.43. The van der Waals surface area contributed by atoms with E-state index < -0.39 is 0 Å². The Labute approximate surface area is 100 Å². The number of carbonyl (C=O) groups excluding carboxylic acids is 1. The molecule has 1 aliphatic rings. The summed E-state index contributed by atoms with van der Waals surface area (Å²) in [7, 11) is 3.35. The molecule has 0 amide bonds. The van der Waals surface area contributed by atoms with Crippen molar-refractivity contribution in [2.24, 2.45) is 5.92 Å². The Balaban J connectivity index is 2.26. The van der Waals surface area contributed by atoms with E-state index in [0.717, 1.165) is 12.1 Å². The van der Waals surface area contributed by atoms with E-state index >= 15 is 0 Å². The summed E-state index contributed by atoms with van der Waals surface area (Å²) in [5.74, 6) is -0.667. The Morgan fingerprint density at radius 2 is 2.24 bits per heavy atom. The van der Waals surface area contributed by atoms with Gasteiger partial charge in [0.25, 0.3) is 0 Å². The molecule has 0 unspecified atom stereocenters. The monoisotopic (exact) mass is 237 g/mol. The summed E-state index contributed by atoms with van der Waals surface area (Å²) in [4.78, 5) is 13.8. The van der Waals surface area contributed by atoms with Gasteiger partial charge in [-0.05, 0) is 24.7 Å². The molecule has 17 heavy (non-hydrogen) atoms. The molecule has 1 aliphatic heterocycles. The molecule has 92 valence electrons. The summed E-state index contributed by atoms with van der Waals surface area (Å²) in [6.07, 6.45) is 0. The van der Waals surface area contributed by atoms with Gasteiger partial charge in [0.2, 0.25) is 0 Å². The molecular weight excluding hydrogens is 221 g/mol. The number of carbonyl (C=O) groups is 1. The van der Waals surface area contributed by atoms with Crippen molar-refractivity contribution in [2.75, 3.05) is 27.2 Å². The molecule has 0 aromatic heterocycles. The van der Waals surface area contributed by atoms with E-state index in [4.69, 9.17) is 4.74 Å². The van der Waals surface area contributed by atoms with Gasteiger partial charge in [0.1, 0.15) is 5.82 Å². The largest absolute Gasteiger partial charge is 0.469 e. The summed E-state index contributed by atoms with van der Waals surface area (Å²) in [6, 6.07) is 6.45. The molecule has 0 radical (unpaired) electrons. The standard InChI is InChI=1S/C13H16FNO2/c1-15-7-11(12(8-15)13(16)17-2)9-4-3-5-10(14)6-9/h3-6,11-12H,7-8H2,1-2H3/t11-,12+/m0/s1. The summed E-state index contributed by atoms with van der Waals surface area (Å²) in [5.41, 5.74) is 0.866. The molecule has 1 heterocycles. The maximum absolute atomic E-state index is 13.2. The molecule has 1 saturated heterocycles. The average Bonchev–Trinajstić information content (AvgIpc) is 2.70. The first-order chi connectivity index (χ1) is 8.11. The Bertz CT molecular complexity index is 422. The fourth-order valence-corrected chi connectivity index (χ4v) is 2.47. The van der Waals surface area contributed by atoms with Crippen molar-refractivity contribution in [3.63, 3.8) is 0 Å². The first-order valence-corrected chi connectivity index (χ1v) is 5.63. The molecule has 2 rings (SSSR count). The molecule has 1 aromatic carbocycles. The summed E-state index contributed by atoms with van der Waals surface area (Å²) < 4.78 is 18.0. The maximum Gasteiger partial charge on any atom is 0.310 e. The number of likely N-dealkylation sites (tertiary alicyclic amines) is 1. The van der Waals surface area contributed by atoms with E-state index in [0.29, 0.717) is 6.54 Å². The van der Waals surface area contributed by atoms with Crippen LogP contribution in [-0.2, 0) is 9.53 Å². The Morgan fingerprint density at radius 3 is 2.88 bits per heavy atom. The van der Waals surface area contributed by atoms with E-state index in [1.165, 1.54) is 19.2 Å². The smallest absolute Gasteiger partial charge is 0.310 e. The second kappa shape index (κ2) is 4.84. The number of methoxy groups -OCH3 is 1. The number of hydrogen-bond acceptors (Lipinski definition) is 3. The quantitative estimate of drug-likeness (QED) is 0.732. The highest BCUT2D eigenvalue weighted by Crippen LogP contribution is 2.32. The molecule has 0 saturated carbocycles. The van der Waals surface area contributed by atoms with Gasteiger partial charge < -0.3 is 9.64 Å².